The zero-order valence-corrected chi connectivity index (χ0v) is 11.4. The fourth-order valence-electron chi connectivity index (χ4n) is 1.55. The van der Waals surface area contributed by atoms with Gasteiger partial charge in [-0.15, -0.1) is 0 Å². The van der Waals surface area contributed by atoms with Gasteiger partial charge >= 0.3 is 0 Å². The van der Waals surface area contributed by atoms with Crippen LogP contribution in [0.3, 0.4) is 0 Å². The van der Waals surface area contributed by atoms with Gasteiger partial charge in [-0.1, -0.05) is 43.0 Å². The van der Waals surface area contributed by atoms with Crippen molar-refractivity contribution in [2.45, 2.75) is 32.7 Å². The van der Waals surface area contributed by atoms with E-state index in [9.17, 15) is 0 Å². The minimum absolute atomic E-state index is 0.447. The van der Waals surface area contributed by atoms with Crippen LogP contribution < -0.4 is 0 Å². The van der Waals surface area contributed by atoms with Crippen LogP contribution in [0.1, 0.15) is 31.7 Å². The molecule has 0 aliphatic carbocycles. The standard InChI is InChI=1S/C12H18Cl2N2/c1-3-4-5-6-16(2)9-10-8-15-12(14)7-11(10)13/h7-8H,3-6,9H2,1-2H3. The number of nitrogens with zero attached hydrogens (tertiary/aromatic N) is 2. The minimum atomic E-state index is 0.447. The van der Waals surface area contributed by atoms with Crippen LogP contribution in [0, 0.1) is 0 Å². The summed E-state index contributed by atoms with van der Waals surface area (Å²) in [6, 6.07) is 1.69. The Morgan fingerprint density at radius 1 is 1.31 bits per heavy atom. The summed E-state index contributed by atoms with van der Waals surface area (Å²) in [5.74, 6) is 0. The molecule has 0 radical (unpaired) electrons. The first-order valence-corrected chi connectivity index (χ1v) is 6.37. The molecule has 0 N–H and O–H groups in total. The second-order valence-electron chi connectivity index (χ2n) is 4.04. The fourth-order valence-corrected chi connectivity index (χ4v) is 1.98. The summed E-state index contributed by atoms with van der Waals surface area (Å²) < 4.78 is 0. The molecule has 90 valence electrons. The molecule has 0 atom stereocenters. The third-order valence-electron chi connectivity index (χ3n) is 2.48. The van der Waals surface area contributed by atoms with Crippen molar-refractivity contribution >= 4 is 23.2 Å². The first-order valence-electron chi connectivity index (χ1n) is 5.62. The number of aromatic nitrogens is 1. The lowest BCUT2D eigenvalue weighted by molar-refractivity contribution is 0.318. The summed E-state index contributed by atoms with van der Waals surface area (Å²) in [6.45, 7) is 4.12. The van der Waals surface area contributed by atoms with Gasteiger partial charge in [0.25, 0.3) is 0 Å². The predicted octanol–water partition coefficient (Wildman–Crippen LogP) is 4.01. The van der Waals surface area contributed by atoms with Gasteiger partial charge in [0.1, 0.15) is 5.15 Å². The molecule has 0 unspecified atom stereocenters. The molecule has 0 bridgehead atoms. The molecule has 1 aromatic rings. The van der Waals surface area contributed by atoms with Crippen LogP contribution >= 0.6 is 23.2 Å². The van der Waals surface area contributed by atoms with Crippen molar-refractivity contribution < 1.29 is 0 Å². The normalized spacial score (nSPS) is 11.1. The largest absolute Gasteiger partial charge is 0.302 e. The molecule has 4 heteroatoms. The van der Waals surface area contributed by atoms with Crippen LogP contribution in [-0.4, -0.2) is 23.5 Å². The average Bonchev–Trinajstić information content (AvgIpc) is 2.23. The van der Waals surface area contributed by atoms with Crippen molar-refractivity contribution in [3.8, 4) is 0 Å². The maximum absolute atomic E-state index is 6.08. The fraction of sp³-hybridized carbons (Fsp3) is 0.583. The van der Waals surface area contributed by atoms with Gasteiger partial charge in [-0.05, 0) is 26.1 Å². The maximum atomic E-state index is 6.08. The summed E-state index contributed by atoms with van der Waals surface area (Å²) in [5, 5.41) is 1.14. The summed E-state index contributed by atoms with van der Waals surface area (Å²) in [4.78, 5) is 6.30. The van der Waals surface area contributed by atoms with Gasteiger partial charge in [0, 0.05) is 23.3 Å². The molecule has 0 aliphatic heterocycles. The van der Waals surface area contributed by atoms with Crippen LogP contribution in [0.25, 0.3) is 0 Å². The number of hydrogen-bond acceptors (Lipinski definition) is 2. The van der Waals surface area contributed by atoms with Gasteiger partial charge in [0.2, 0.25) is 0 Å². The van der Waals surface area contributed by atoms with E-state index in [2.05, 4.69) is 23.9 Å². The van der Waals surface area contributed by atoms with Crippen LogP contribution in [-0.2, 0) is 6.54 Å². The lowest BCUT2D eigenvalue weighted by atomic mass is 10.2. The highest BCUT2D eigenvalue weighted by molar-refractivity contribution is 6.34. The Hall–Kier alpha value is -0.310. The zero-order chi connectivity index (χ0) is 12.0. The Kier molecular flexibility index (Phi) is 6.10. The summed E-state index contributed by atoms with van der Waals surface area (Å²) >= 11 is 11.8. The smallest absolute Gasteiger partial charge is 0.130 e. The highest BCUT2D eigenvalue weighted by atomic mass is 35.5. The lowest BCUT2D eigenvalue weighted by Gasteiger charge is -2.16. The summed E-state index contributed by atoms with van der Waals surface area (Å²) in [7, 11) is 2.10. The number of halogens is 2. The van der Waals surface area contributed by atoms with Gasteiger partial charge in [-0.25, -0.2) is 4.98 Å². The van der Waals surface area contributed by atoms with Crippen LogP contribution in [0.2, 0.25) is 10.2 Å². The third kappa shape index (κ3) is 4.69. The zero-order valence-electron chi connectivity index (χ0n) is 9.84. The highest BCUT2D eigenvalue weighted by Crippen LogP contribution is 2.19. The molecule has 0 fully saturated rings. The quantitative estimate of drug-likeness (QED) is 0.568. The van der Waals surface area contributed by atoms with Crippen molar-refractivity contribution in [1.82, 2.24) is 9.88 Å². The van der Waals surface area contributed by atoms with Crippen molar-refractivity contribution in [3.05, 3.63) is 28.0 Å². The topological polar surface area (TPSA) is 16.1 Å². The molecule has 0 aliphatic rings. The average molecular weight is 261 g/mol. The number of hydrogen-bond donors (Lipinski definition) is 0. The first kappa shape index (κ1) is 13.8. The van der Waals surface area contributed by atoms with E-state index in [1.165, 1.54) is 19.3 Å². The Balaban J connectivity index is 2.46. The summed E-state index contributed by atoms with van der Waals surface area (Å²) in [5.41, 5.74) is 1.03. The van der Waals surface area contributed by atoms with Crippen molar-refractivity contribution in [1.29, 1.82) is 0 Å². The SMILES string of the molecule is CCCCCN(C)Cc1cnc(Cl)cc1Cl. The number of pyridine rings is 1. The monoisotopic (exact) mass is 260 g/mol. The molecule has 1 rings (SSSR count). The molecule has 16 heavy (non-hydrogen) atoms. The second-order valence-corrected chi connectivity index (χ2v) is 4.84. The van der Waals surface area contributed by atoms with E-state index in [1.807, 2.05) is 0 Å². The van der Waals surface area contributed by atoms with Crippen LogP contribution in [0.4, 0.5) is 0 Å². The van der Waals surface area contributed by atoms with Crippen molar-refractivity contribution in [2.75, 3.05) is 13.6 Å². The molecule has 0 spiro atoms. The second kappa shape index (κ2) is 7.10. The number of rotatable bonds is 6. The van der Waals surface area contributed by atoms with E-state index in [4.69, 9.17) is 23.2 Å². The van der Waals surface area contributed by atoms with E-state index in [-0.39, 0.29) is 0 Å². The van der Waals surface area contributed by atoms with Crippen LogP contribution in [0.5, 0.6) is 0 Å². The molecule has 0 saturated carbocycles. The Morgan fingerprint density at radius 2 is 2.06 bits per heavy atom. The first-order chi connectivity index (χ1) is 7.63. The predicted molar refractivity (Wildman–Crippen MR) is 70.1 cm³/mol. The molecule has 1 heterocycles. The van der Waals surface area contributed by atoms with E-state index in [0.717, 1.165) is 18.7 Å². The third-order valence-corrected chi connectivity index (χ3v) is 3.04. The minimum Gasteiger partial charge on any atom is -0.302 e. The van der Waals surface area contributed by atoms with Gasteiger partial charge in [-0.3, -0.25) is 0 Å². The molecule has 1 aromatic heterocycles. The lowest BCUT2D eigenvalue weighted by Crippen LogP contribution is -2.19. The Morgan fingerprint density at radius 3 is 2.69 bits per heavy atom. The summed E-state index contributed by atoms with van der Waals surface area (Å²) in [6.07, 6.45) is 5.50. The van der Waals surface area contributed by atoms with Gasteiger partial charge in [-0.2, -0.15) is 0 Å². The maximum Gasteiger partial charge on any atom is 0.130 e. The molecule has 0 saturated heterocycles. The Labute approximate surface area is 108 Å². The molecular weight excluding hydrogens is 243 g/mol. The molecular formula is C12H18Cl2N2. The molecule has 2 nitrogen and oxygen atoms in total. The molecule has 0 aromatic carbocycles. The van der Waals surface area contributed by atoms with Gasteiger partial charge < -0.3 is 4.90 Å². The van der Waals surface area contributed by atoms with E-state index in [0.29, 0.717) is 10.2 Å². The van der Waals surface area contributed by atoms with E-state index >= 15 is 0 Å². The number of unbranched alkanes of at least 4 members (excludes halogenated alkanes) is 2. The van der Waals surface area contributed by atoms with E-state index < -0.39 is 0 Å². The van der Waals surface area contributed by atoms with Crippen molar-refractivity contribution in [3.63, 3.8) is 0 Å². The van der Waals surface area contributed by atoms with E-state index in [1.54, 1.807) is 12.3 Å². The highest BCUT2D eigenvalue weighted by Gasteiger charge is 2.05. The van der Waals surface area contributed by atoms with Crippen LogP contribution in [0.15, 0.2) is 12.3 Å². The van der Waals surface area contributed by atoms with Gasteiger partial charge in [0.05, 0.1) is 0 Å². The molecule has 0 amide bonds. The van der Waals surface area contributed by atoms with Gasteiger partial charge in [0.15, 0.2) is 0 Å². The Bertz CT molecular complexity index is 329. The van der Waals surface area contributed by atoms with Crippen molar-refractivity contribution in [2.24, 2.45) is 0 Å².